The van der Waals surface area contributed by atoms with Crippen LogP contribution >= 0.6 is 0 Å². The fourth-order valence-corrected chi connectivity index (χ4v) is 1.49. The Hall–Kier alpha value is -1.51. The molecule has 1 aromatic carbocycles. The highest BCUT2D eigenvalue weighted by atomic mass is 16.5. The Morgan fingerprint density at radius 3 is 2.69 bits per heavy atom. The highest BCUT2D eigenvalue weighted by Gasteiger charge is 2.14. The average Bonchev–Trinajstić information content (AvgIpc) is 2.22. The van der Waals surface area contributed by atoms with Crippen LogP contribution in [0.25, 0.3) is 0 Å². The topological polar surface area (TPSA) is 38.3 Å². The molecule has 1 N–H and O–H groups in total. The van der Waals surface area contributed by atoms with E-state index in [1.165, 1.54) is 5.56 Å². The number of amides is 1. The number of benzene rings is 1. The van der Waals surface area contributed by atoms with Crippen LogP contribution in [0, 0.1) is 13.8 Å². The summed E-state index contributed by atoms with van der Waals surface area (Å²) in [5.41, 5.74) is 2.24. The number of ether oxygens (including phenoxy) is 1. The molecule has 16 heavy (non-hydrogen) atoms. The van der Waals surface area contributed by atoms with Gasteiger partial charge in [-0.15, -0.1) is 0 Å². The number of likely N-dealkylation sites (N-methyl/N-ethyl adjacent to an activating group) is 1. The van der Waals surface area contributed by atoms with E-state index in [-0.39, 0.29) is 5.91 Å². The van der Waals surface area contributed by atoms with Gasteiger partial charge in [0.25, 0.3) is 5.91 Å². The first kappa shape index (κ1) is 12.6. The van der Waals surface area contributed by atoms with Gasteiger partial charge in [-0.1, -0.05) is 17.7 Å². The fourth-order valence-electron chi connectivity index (χ4n) is 1.49. The van der Waals surface area contributed by atoms with Crippen LogP contribution in [0.2, 0.25) is 0 Å². The first-order valence-electron chi connectivity index (χ1n) is 5.56. The zero-order valence-electron chi connectivity index (χ0n) is 10.3. The van der Waals surface area contributed by atoms with Gasteiger partial charge in [0.2, 0.25) is 0 Å². The summed E-state index contributed by atoms with van der Waals surface area (Å²) in [6.45, 7) is 8.28. The summed E-state index contributed by atoms with van der Waals surface area (Å²) in [5.74, 6) is 0.687. The van der Waals surface area contributed by atoms with E-state index < -0.39 is 6.10 Å². The maximum Gasteiger partial charge on any atom is 0.260 e. The van der Waals surface area contributed by atoms with E-state index in [1.807, 2.05) is 39.0 Å². The van der Waals surface area contributed by atoms with Gasteiger partial charge in [-0.2, -0.15) is 0 Å². The zero-order chi connectivity index (χ0) is 12.1. The van der Waals surface area contributed by atoms with Crippen LogP contribution in [0.3, 0.4) is 0 Å². The summed E-state index contributed by atoms with van der Waals surface area (Å²) >= 11 is 0. The van der Waals surface area contributed by atoms with Crippen LogP contribution in [0.4, 0.5) is 0 Å². The quantitative estimate of drug-likeness (QED) is 0.846. The lowest BCUT2D eigenvalue weighted by molar-refractivity contribution is -0.127. The molecular weight excluding hydrogens is 202 g/mol. The second-order valence-corrected chi connectivity index (χ2v) is 3.92. The molecule has 1 aromatic rings. The summed E-state index contributed by atoms with van der Waals surface area (Å²) in [4.78, 5) is 11.5. The van der Waals surface area contributed by atoms with Crippen LogP contribution in [0.1, 0.15) is 25.0 Å². The molecular formula is C13H19NO2. The lowest BCUT2D eigenvalue weighted by atomic mass is 10.1. The van der Waals surface area contributed by atoms with E-state index in [9.17, 15) is 4.79 Å². The van der Waals surface area contributed by atoms with Crippen LogP contribution < -0.4 is 10.1 Å². The van der Waals surface area contributed by atoms with Crippen molar-refractivity contribution in [1.82, 2.24) is 5.32 Å². The van der Waals surface area contributed by atoms with E-state index in [0.29, 0.717) is 6.54 Å². The number of hydrogen-bond acceptors (Lipinski definition) is 2. The van der Waals surface area contributed by atoms with Gasteiger partial charge in [-0.3, -0.25) is 4.79 Å². The van der Waals surface area contributed by atoms with Crippen LogP contribution in [0.5, 0.6) is 5.75 Å². The summed E-state index contributed by atoms with van der Waals surface area (Å²) in [6, 6.07) is 5.92. The highest BCUT2D eigenvalue weighted by molar-refractivity contribution is 5.80. The van der Waals surface area contributed by atoms with Gasteiger partial charge < -0.3 is 10.1 Å². The minimum atomic E-state index is -0.457. The first-order valence-corrected chi connectivity index (χ1v) is 5.56. The van der Waals surface area contributed by atoms with Gasteiger partial charge in [-0.25, -0.2) is 0 Å². The van der Waals surface area contributed by atoms with E-state index in [2.05, 4.69) is 5.32 Å². The van der Waals surface area contributed by atoms with Crippen molar-refractivity contribution in [3.05, 3.63) is 29.3 Å². The third-order valence-corrected chi connectivity index (χ3v) is 2.35. The Balaban J connectivity index is 2.69. The Kier molecular flexibility index (Phi) is 4.35. The minimum absolute atomic E-state index is 0.0810. The minimum Gasteiger partial charge on any atom is -0.481 e. The molecule has 0 aliphatic carbocycles. The summed E-state index contributed by atoms with van der Waals surface area (Å²) in [6.07, 6.45) is -0.457. The van der Waals surface area contributed by atoms with Crippen molar-refractivity contribution in [2.24, 2.45) is 0 Å². The standard InChI is InChI=1S/C13H19NO2/c1-5-14-13(15)11(4)16-12-7-6-9(2)8-10(12)3/h6-8,11H,5H2,1-4H3,(H,14,15). The molecule has 88 valence electrons. The van der Waals surface area contributed by atoms with E-state index >= 15 is 0 Å². The molecule has 0 spiro atoms. The molecule has 0 aliphatic heterocycles. The predicted octanol–water partition coefficient (Wildman–Crippen LogP) is 2.21. The molecule has 0 aliphatic rings. The molecule has 0 radical (unpaired) electrons. The van der Waals surface area contributed by atoms with Crippen molar-refractivity contribution in [2.45, 2.75) is 33.8 Å². The van der Waals surface area contributed by atoms with Gasteiger partial charge in [0.15, 0.2) is 6.10 Å². The Labute approximate surface area is 96.8 Å². The maximum atomic E-state index is 11.5. The molecule has 1 rings (SSSR count). The smallest absolute Gasteiger partial charge is 0.260 e. The second-order valence-electron chi connectivity index (χ2n) is 3.92. The molecule has 1 unspecified atom stereocenters. The average molecular weight is 221 g/mol. The molecule has 1 amide bonds. The van der Waals surface area contributed by atoms with Crippen molar-refractivity contribution in [3.63, 3.8) is 0 Å². The third-order valence-electron chi connectivity index (χ3n) is 2.35. The first-order chi connectivity index (χ1) is 7.54. The van der Waals surface area contributed by atoms with Gasteiger partial charge in [0.1, 0.15) is 5.75 Å². The lowest BCUT2D eigenvalue weighted by Crippen LogP contribution is -2.36. The molecule has 3 nitrogen and oxygen atoms in total. The molecule has 0 aromatic heterocycles. The monoisotopic (exact) mass is 221 g/mol. The number of aryl methyl sites for hydroxylation is 2. The number of carbonyl (C=O) groups is 1. The molecule has 3 heteroatoms. The second kappa shape index (κ2) is 5.54. The molecule has 0 saturated heterocycles. The van der Waals surface area contributed by atoms with E-state index in [0.717, 1.165) is 11.3 Å². The highest BCUT2D eigenvalue weighted by Crippen LogP contribution is 2.19. The molecule has 0 saturated carbocycles. The van der Waals surface area contributed by atoms with Crippen molar-refractivity contribution >= 4 is 5.91 Å². The number of carbonyl (C=O) groups excluding carboxylic acids is 1. The third kappa shape index (κ3) is 3.26. The zero-order valence-corrected chi connectivity index (χ0v) is 10.3. The predicted molar refractivity (Wildman–Crippen MR) is 64.7 cm³/mol. The number of rotatable bonds is 4. The van der Waals surface area contributed by atoms with Crippen LogP contribution in [-0.2, 0) is 4.79 Å². The van der Waals surface area contributed by atoms with Crippen molar-refractivity contribution in [2.75, 3.05) is 6.54 Å². The van der Waals surface area contributed by atoms with Gasteiger partial charge in [-0.05, 0) is 39.3 Å². The molecule has 0 fully saturated rings. The summed E-state index contributed by atoms with van der Waals surface area (Å²) in [5, 5.41) is 2.73. The largest absolute Gasteiger partial charge is 0.481 e. The molecule has 0 heterocycles. The SMILES string of the molecule is CCNC(=O)C(C)Oc1ccc(C)cc1C. The number of nitrogens with one attached hydrogen (secondary N) is 1. The van der Waals surface area contributed by atoms with E-state index in [1.54, 1.807) is 6.92 Å². The normalized spacial score (nSPS) is 12.0. The summed E-state index contributed by atoms with van der Waals surface area (Å²) in [7, 11) is 0. The lowest BCUT2D eigenvalue weighted by Gasteiger charge is -2.15. The van der Waals surface area contributed by atoms with Crippen molar-refractivity contribution in [1.29, 1.82) is 0 Å². The number of hydrogen-bond donors (Lipinski definition) is 1. The Bertz CT molecular complexity index is 374. The van der Waals surface area contributed by atoms with E-state index in [4.69, 9.17) is 4.74 Å². The summed E-state index contributed by atoms with van der Waals surface area (Å²) < 4.78 is 5.60. The van der Waals surface area contributed by atoms with Crippen LogP contribution in [-0.4, -0.2) is 18.6 Å². The van der Waals surface area contributed by atoms with Gasteiger partial charge >= 0.3 is 0 Å². The Morgan fingerprint density at radius 1 is 1.44 bits per heavy atom. The maximum absolute atomic E-state index is 11.5. The van der Waals surface area contributed by atoms with Gasteiger partial charge in [0.05, 0.1) is 0 Å². The Morgan fingerprint density at radius 2 is 2.12 bits per heavy atom. The van der Waals surface area contributed by atoms with Crippen molar-refractivity contribution < 1.29 is 9.53 Å². The van der Waals surface area contributed by atoms with Crippen LogP contribution in [0.15, 0.2) is 18.2 Å². The fraction of sp³-hybridized carbons (Fsp3) is 0.462. The van der Waals surface area contributed by atoms with Crippen molar-refractivity contribution in [3.8, 4) is 5.75 Å². The molecule has 1 atom stereocenters. The van der Waals surface area contributed by atoms with Gasteiger partial charge in [0, 0.05) is 6.54 Å². The molecule has 0 bridgehead atoms.